The van der Waals surface area contributed by atoms with Crippen molar-refractivity contribution in [2.45, 2.75) is 32.1 Å². The van der Waals surface area contributed by atoms with Crippen LogP contribution in [0.25, 0.3) is 0 Å². The van der Waals surface area contributed by atoms with Crippen LogP contribution in [0.5, 0.6) is 0 Å². The van der Waals surface area contributed by atoms with E-state index in [2.05, 4.69) is 17.4 Å². The van der Waals surface area contributed by atoms with E-state index in [1.54, 1.807) is 37.3 Å². The average molecular weight is 531 g/mol. The Morgan fingerprint density at radius 1 is 0.921 bits per heavy atom. The normalized spacial score (nSPS) is 20.7. The van der Waals surface area contributed by atoms with E-state index < -0.39 is 18.5 Å². The van der Waals surface area contributed by atoms with Gasteiger partial charge in [0.25, 0.3) is 5.91 Å². The molecule has 1 saturated heterocycles. The maximum Gasteiger partial charge on any atom is 0.338 e. The average Bonchev–Trinajstić information content (AvgIpc) is 3.19. The molecular formula is C30H27ClN2O5. The quantitative estimate of drug-likeness (QED) is 0.335. The van der Waals surface area contributed by atoms with Gasteiger partial charge in [0.05, 0.1) is 23.1 Å². The molecule has 0 spiro atoms. The third-order valence-corrected chi connectivity index (χ3v) is 7.84. The SMILES string of the molecule is Cc1c(Cl)cccc1NC(=O)COC(=O)c1ccc(N2C(=O)[C@@H]3CC[C@@H](c4ccccc4)C[C@H]3C2=O)cc1. The fourth-order valence-corrected chi connectivity index (χ4v) is 5.53. The number of nitrogens with zero attached hydrogens (tertiary/aromatic N) is 1. The fraction of sp³-hybridized carbons (Fsp3) is 0.267. The lowest BCUT2D eigenvalue weighted by Gasteiger charge is -2.28. The van der Waals surface area contributed by atoms with E-state index in [0.29, 0.717) is 34.8 Å². The van der Waals surface area contributed by atoms with Crippen LogP contribution in [-0.2, 0) is 19.1 Å². The van der Waals surface area contributed by atoms with Crippen molar-refractivity contribution >= 4 is 46.7 Å². The number of esters is 1. The number of amides is 3. The van der Waals surface area contributed by atoms with Crippen LogP contribution in [0.15, 0.2) is 72.8 Å². The highest BCUT2D eigenvalue weighted by Gasteiger charge is 2.50. The number of carbonyl (C=O) groups is 4. The van der Waals surface area contributed by atoms with Crippen molar-refractivity contribution in [3.63, 3.8) is 0 Å². The van der Waals surface area contributed by atoms with Gasteiger partial charge in [-0.05, 0) is 79.6 Å². The standard InChI is InChI=1S/C30H27ClN2O5/c1-18-25(31)8-5-9-26(18)32-27(34)17-38-30(37)20-10-13-22(14-11-20)33-28(35)23-15-12-21(16-24(23)29(33)36)19-6-3-2-4-7-19/h2-11,13-14,21,23-24H,12,15-17H2,1H3,(H,32,34)/t21-,23-,24-/m1/s1. The first-order valence-electron chi connectivity index (χ1n) is 12.6. The Morgan fingerprint density at radius 2 is 1.63 bits per heavy atom. The molecule has 0 aromatic heterocycles. The van der Waals surface area contributed by atoms with Gasteiger partial charge in [0.2, 0.25) is 11.8 Å². The summed E-state index contributed by atoms with van der Waals surface area (Å²) in [6.45, 7) is 1.31. The molecule has 2 fully saturated rings. The summed E-state index contributed by atoms with van der Waals surface area (Å²) in [6.07, 6.45) is 2.19. The molecule has 3 aromatic carbocycles. The Kier molecular flexibility index (Phi) is 7.29. The Hall–Kier alpha value is -3.97. The second-order valence-electron chi connectivity index (χ2n) is 9.73. The zero-order valence-electron chi connectivity index (χ0n) is 20.9. The van der Waals surface area contributed by atoms with E-state index in [1.807, 2.05) is 18.2 Å². The minimum Gasteiger partial charge on any atom is -0.452 e. The third-order valence-electron chi connectivity index (χ3n) is 7.43. The number of ether oxygens (including phenoxy) is 1. The Bertz CT molecular complexity index is 1390. The van der Waals surface area contributed by atoms with Gasteiger partial charge in [0, 0.05) is 10.7 Å². The molecule has 3 amide bonds. The zero-order valence-corrected chi connectivity index (χ0v) is 21.6. The number of benzene rings is 3. The molecule has 0 bridgehead atoms. The van der Waals surface area contributed by atoms with Gasteiger partial charge in [-0.25, -0.2) is 4.79 Å². The number of halogens is 1. The molecule has 2 aliphatic rings. The molecule has 194 valence electrons. The van der Waals surface area contributed by atoms with Gasteiger partial charge in [0.1, 0.15) is 0 Å². The zero-order chi connectivity index (χ0) is 26.8. The maximum atomic E-state index is 13.3. The lowest BCUT2D eigenvalue weighted by atomic mass is 9.73. The van der Waals surface area contributed by atoms with Crippen molar-refractivity contribution in [3.05, 3.63) is 94.5 Å². The Morgan fingerprint density at radius 3 is 2.37 bits per heavy atom. The van der Waals surface area contributed by atoms with Crippen LogP contribution >= 0.6 is 11.6 Å². The van der Waals surface area contributed by atoms with E-state index >= 15 is 0 Å². The summed E-state index contributed by atoms with van der Waals surface area (Å²) < 4.78 is 5.14. The number of hydrogen-bond donors (Lipinski definition) is 1. The van der Waals surface area contributed by atoms with Crippen LogP contribution in [0, 0.1) is 18.8 Å². The summed E-state index contributed by atoms with van der Waals surface area (Å²) in [5, 5.41) is 3.19. The van der Waals surface area contributed by atoms with Crippen molar-refractivity contribution in [3.8, 4) is 0 Å². The van der Waals surface area contributed by atoms with E-state index in [4.69, 9.17) is 16.3 Å². The largest absolute Gasteiger partial charge is 0.452 e. The van der Waals surface area contributed by atoms with Crippen LogP contribution < -0.4 is 10.2 Å². The molecule has 1 heterocycles. The van der Waals surface area contributed by atoms with Crippen molar-refractivity contribution in [2.75, 3.05) is 16.8 Å². The van der Waals surface area contributed by atoms with Crippen molar-refractivity contribution in [2.24, 2.45) is 11.8 Å². The molecule has 0 unspecified atom stereocenters. The van der Waals surface area contributed by atoms with Gasteiger partial charge < -0.3 is 10.1 Å². The number of nitrogens with one attached hydrogen (secondary N) is 1. The molecule has 3 aromatic rings. The molecule has 3 atom stereocenters. The lowest BCUT2D eigenvalue weighted by Crippen LogP contribution is -2.30. The Labute approximate surface area is 225 Å². The first-order chi connectivity index (χ1) is 18.3. The first-order valence-corrected chi connectivity index (χ1v) is 13.0. The van der Waals surface area contributed by atoms with Gasteiger partial charge in [-0.1, -0.05) is 48.0 Å². The first kappa shape index (κ1) is 25.7. The number of fused-ring (bicyclic) bond motifs is 1. The van der Waals surface area contributed by atoms with Crippen LogP contribution in [0.3, 0.4) is 0 Å². The number of carbonyl (C=O) groups excluding carboxylic acids is 4. The second kappa shape index (κ2) is 10.8. The highest BCUT2D eigenvalue weighted by Crippen LogP contribution is 2.45. The molecule has 8 heteroatoms. The van der Waals surface area contributed by atoms with E-state index in [-0.39, 0.29) is 35.1 Å². The molecular weight excluding hydrogens is 504 g/mol. The molecule has 1 saturated carbocycles. The number of imide groups is 1. The van der Waals surface area contributed by atoms with E-state index in [1.165, 1.54) is 22.6 Å². The van der Waals surface area contributed by atoms with Crippen LogP contribution in [0.1, 0.15) is 46.7 Å². The summed E-state index contributed by atoms with van der Waals surface area (Å²) in [6, 6.07) is 21.4. The predicted molar refractivity (Wildman–Crippen MR) is 144 cm³/mol. The van der Waals surface area contributed by atoms with Gasteiger partial charge in [0.15, 0.2) is 6.61 Å². The summed E-state index contributed by atoms with van der Waals surface area (Å²) in [7, 11) is 0. The highest BCUT2D eigenvalue weighted by molar-refractivity contribution is 6.31. The highest BCUT2D eigenvalue weighted by atomic mass is 35.5. The summed E-state index contributed by atoms with van der Waals surface area (Å²) in [5.74, 6) is -1.95. The molecule has 38 heavy (non-hydrogen) atoms. The minimum atomic E-state index is -0.687. The molecule has 0 radical (unpaired) electrons. The maximum absolute atomic E-state index is 13.3. The fourth-order valence-electron chi connectivity index (χ4n) is 5.35. The number of hydrogen-bond acceptors (Lipinski definition) is 5. The van der Waals surface area contributed by atoms with Crippen LogP contribution in [0.4, 0.5) is 11.4 Å². The summed E-state index contributed by atoms with van der Waals surface area (Å²) >= 11 is 6.07. The number of rotatable bonds is 6. The smallest absolute Gasteiger partial charge is 0.338 e. The summed E-state index contributed by atoms with van der Waals surface area (Å²) in [5.41, 5.74) is 3.09. The Balaban J connectivity index is 1.20. The van der Waals surface area contributed by atoms with Gasteiger partial charge >= 0.3 is 5.97 Å². The lowest BCUT2D eigenvalue weighted by molar-refractivity contribution is -0.122. The molecule has 5 rings (SSSR count). The third kappa shape index (κ3) is 5.07. The van der Waals surface area contributed by atoms with E-state index in [0.717, 1.165) is 6.42 Å². The van der Waals surface area contributed by atoms with Crippen LogP contribution in [-0.4, -0.2) is 30.3 Å². The molecule has 1 aliphatic heterocycles. The molecule has 1 aliphatic carbocycles. The van der Waals surface area contributed by atoms with Crippen molar-refractivity contribution in [1.29, 1.82) is 0 Å². The van der Waals surface area contributed by atoms with Crippen molar-refractivity contribution < 1.29 is 23.9 Å². The monoisotopic (exact) mass is 530 g/mol. The van der Waals surface area contributed by atoms with Gasteiger partial charge in [-0.15, -0.1) is 0 Å². The summed E-state index contributed by atoms with van der Waals surface area (Å²) in [4.78, 5) is 52.4. The van der Waals surface area contributed by atoms with Gasteiger partial charge in [-0.2, -0.15) is 0 Å². The van der Waals surface area contributed by atoms with Crippen LogP contribution in [0.2, 0.25) is 5.02 Å². The minimum absolute atomic E-state index is 0.185. The predicted octanol–water partition coefficient (Wildman–Crippen LogP) is 5.52. The van der Waals surface area contributed by atoms with Crippen molar-refractivity contribution in [1.82, 2.24) is 0 Å². The van der Waals surface area contributed by atoms with E-state index in [9.17, 15) is 19.2 Å². The molecule has 7 nitrogen and oxygen atoms in total. The molecule has 1 N–H and O–H groups in total. The number of anilines is 2. The topological polar surface area (TPSA) is 92.8 Å². The second-order valence-corrected chi connectivity index (χ2v) is 10.1. The van der Waals surface area contributed by atoms with Gasteiger partial charge in [-0.3, -0.25) is 19.3 Å².